The number of rotatable bonds is 4. The van der Waals surface area contributed by atoms with Crippen molar-refractivity contribution in [2.24, 2.45) is 29.4 Å². The fraction of sp³-hybridized carbons (Fsp3) is 0.696. The first-order valence-corrected chi connectivity index (χ1v) is 11.0. The van der Waals surface area contributed by atoms with Crippen molar-refractivity contribution in [1.29, 1.82) is 0 Å². The van der Waals surface area contributed by atoms with Gasteiger partial charge >= 0.3 is 0 Å². The maximum atomic E-state index is 12.8. The fourth-order valence-electron chi connectivity index (χ4n) is 6.95. The number of nitrogens with one attached hydrogen (secondary N) is 2. The van der Waals surface area contributed by atoms with Crippen LogP contribution in [0, 0.1) is 23.7 Å². The van der Waals surface area contributed by atoms with Gasteiger partial charge in [0.15, 0.2) is 0 Å². The molecule has 6 heteroatoms. The Morgan fingerprint density at radius 2 is 1.48 bits per heavy atom. The zero-order chi connectivity index (χ0) is 18.4. The number of hydrogen-bond acceptors (Lipinski definition) is 3. The Bertz CT molecular complexity index is 691. The first kappa shape index (κ1) is 22.7. The Labute approximate surface area is 187 Å². The van der Waals surface area contributed by atoms with Gasteiger partial charge in [0.2, 0.25) is 5.91 Å². The van der Waals surface area contributed by atoms with Gasteiger partial charge in [-0.1, -0.05) is 18.6 Å². The molecule has 4 N–H and O–H groups in total. The van der Waals surface area contributed by atoms with E-state index in [0.29, 0.717) is 0 Å². The Hall–Kier alpha value is -0.970. The summed E-state index contributed by atoms with van der Waals surface area (Å²) in [4.78, 5) is 12.8. The predicted octanol–water partition coefficient (Wildman–Crippen LogP) is 5.37. The number of carbonyl (C=O) groups excluding carboxylic acids is 1. The van der Waals surface area contributed by atoms with E-state index >= 15 is 0 Å². The third kappa shape index (κ3) is 4.70. The maximum Gasteiger partial charge on any atom is 0.227 e. The van der Waals surface area contributed by atoms with Crippen molar-refractivity contribution in [2.75, 3.05) is 10.6 Å². The highest BCUT2D eigenvalue weighted by Gasteiger charge is 2.51. The van der Waals surface area contributed by atoms with Gasteiger partial charge in [-0.3, -0.25) is 4.79 Å². The monoisotopic (exact) mass is 439 g/mol. The molecule has 1 aromatic carbocycles. The van der Waals surface area contributed by atoms with Gasteiger partial charge in [0.1, 0.15) is 0 Å². The summed E-state index contributed by atoms with van der Waals surface area (Å²) in [5, 5.41) is 7.16. The molecule has 0 spiro atoms. The molecule has 29 heavy (non-hydrogen) atoms. The number of nitrogens with two attached hydrogens (primary N) is 1. The van der Waals surface area contributed by atoms with Crippen LogP contribution in [-0.2, 0) is 4.79 Å². The molecular formula is C23H35Cl2N3O. The smallest absolute Gasteiger partial charge is 0.227 e. The van der Waals surface area contributed by atoms with Crippen LogP contribution in [0.5, 0.6) is 0 Å². The van der Waals surface area contributed by atoms with E-state index in [1.54, 1.807) is 0 Å². The van der Waals surface area contributed by atoms with Crippen molar-refractivity contribution < 1.29 is 4.79 Å². The van der Waals surface area contributed by atoms with Crippen LogP contribution in [0.2, 0.25) is 0 Å². The van der Waals surface area contributed by atoms with Crippen LogP contribution in [0.15, 0.2) is 24.3 Å². The van der Waals surface area contributed by atoms with Gasteiger partial charge in [0, 0.05) is 17.5 Å². The van der Waals surface area contributed by atoms with Gasteiger partial charge < -0.3 is 16.4 Å². The standard InChI is InChI=1S/C23H33N3O.2ClH/c24-19-5-3-4-18(11-19)22(27)25-20-6-1-2-7-21(20)26-23-12-15-8-16(13-23)10-17(9-15)14-23;;/h1-2,6-7,15-19,26H,3-5,8-14,24H2,(H,25,27);2*1H. The van der Waals surface area contributed by atoms with Crippen LogP contribution in [0.25, 0.3) is 0 Å². The minimum Gasteiger partial charge on any atom is -0.378 e. The second-order valence-electron chi connectivity index (χ2n) is 9.98. The number of anilines is 2. The summed E-state index contributed by atoms with van der Waals surface area (Å²) in [7, 11) is 0. The lowest BCUT2D eigenvalue weighted by molar-refractivity contribution is -0.120. The summed E-state index contributed by atoms with van der Waals surface area (Å²) in [5.41, 5.74) is 8.39. The zero-order valence-electron chi connectivity index (χ0n) is 17.1. The summed E-state index contributed by atoms with van der Waals surface area (Å²) in [6.07, 6.45) is 12.1. The Morgan fingerprint density at radius 1 is 0.897 bits per heavy atom. The molecular weight excluding hydrogens is 405 g/mol. The molecule has 0 heterocycles. The van der Waals surface area contributed by atoms with Gasteiger partial charge in [0.25, 0.3) is 0 Å². The summed E-state index contributed by atoms with van der Waals surface area (Å²) in [6.45, 7) is 0. The molecule has 0 radical (unpaired) electrons. The van der Waals surface area contributed by atoms with Gasteiger partial charge in [-0.15, -0.1) is 24.8 Å². The minimum absolute atomic E-state index is 0. The van der Waals surface area contributed by atoms with Crippen LogP contribution in [-0.4, -0.2) is 17.5 Å². The zero-order valence-corrected chi connectivity index (χ0v) is 18.7. The Morgan fingerprint density at radius 3 is 2.07 bits per heavy atom. The first-order chi connectivity index (χ1) is 13.1. The third-order valence-corrected chi connectivity index (χ3v) is 7.71. The molecule has 0 aliphatic heterocycles. The SMILES string of the molecule is Cl.Cl.NC1CCCC(C(=O)Nc2ccccc2NC23CC4CC(CC(C4)C2)C3)C1. The lowest BCUT2D eigenvalue weighted by Gasteiger charge is -2.57. The lowest BCUT2D eigenvalue weighted by atomic mass is 9.53. The van der Waals surface area contributed by atoms with Crippen molar-refractivity contribution in [2.45, 2.75) is 75.8 Å². The second-order valence-corrected chi connectivity index (χ2v) is 9.98. The summed E-state index contributed by atoms with van der Waals surface area (Å²) >= 11 is 0. The van der Waals surface area contributed by atoms with Crippen LogP contribution < -0.4 is 16.4 Å². The lowest BCUT2D eigenvalue weighted by Crippen LogP contribution is -2.54. The van der Waals surface area contributed by atoms with E-state index in [2.05, 4.69) is 22.8 Å². The molecule has 5 fully saturated rings. The van der Waals surface area contributed by atoms with Gasteiger partial charge in [-0.2, -0.15) is 0 Å². The van der Waals surface area contributed by atoms with Gasteiger partial charge in [0.05, 0.1) is 11.4 Å². The fourth-order valence-corrected chi connectivity index (χ4v) is 6.95. The van der Waals surface area contributed by atoms with E-state index in [-0.39, 0.29) is 48.2 Å². The van der Waals surface area contributed by atoms with E-state index in [0.717, 1.165) is 54.8 Å². The number of benzene rings is 1. The first-order valence-electron chi connectivity index (χ1n) is 11.0. The quantitative estimate of drug-likeness (QED) is 0.590. The van der Waals surface area contributed by atoms with Crippen molar-refractivity contribution in [3.8, 4) is 0 Å². The third-order valence-electron chi connectivity index (χ3n) is 7.71. The number of halogens is 2. The molecule has 1 aromatic rings. The van der Waals surface area contributed by atoms with Crippen molar-refractivity contribution in [3.63, 3.8) is 0 Å². The highest BCUT2D eigenvalue weighted by atomic mass is 35.5. The van der Waals surface area contributed by atoms with Crippen molar-refractivity contribution in [3.05, 3.63) is 24.3 Å². The van der Waals surface area contributed by atoms with Crippen molar-refractivity contribution in [1.82, 2.24) is 0 Å². The minimum atomic E-state index is 0. The molecule has 0 saturated heterocycles. The number of para-hydroxylation sites is 2. The Balaban J connectivity index is 0.00000120. The highest BCUT2D eigenvalue weighted by Crippen LogP contribution is 2.56. The number of hydrogen-bond donors (Lipinski definition) is 3. The van der Waals surface area contributed by atoms with E-state index in [1.165, 1.54) is 38.5 Å². The molecule has 162 valence electrons. The molecule has 2 atom stereocenters. The second kappa shape index (κ2) is 9.03. The molecule has 4 bridgehead atoms. The average molecular weight is 440 g/mol. The highest BCUT2D eigenvalue weighted by molar-refractivity contribution is 5.95. The molecule has 6 rings (SSSR count). The molecule has 1 amide bonds. The van der Waals surface area contributed by atoms with E-state index in [9.17, 15) is 4.79 Å². The average Bonchev–Trinajstić information content (AvgIpc) is 2.62. The summed E-state index contributed by atoms with van der Waals surface area (Å²) in [5.74, 6) is 2.93. The molecule has 2 unspecified atom stereocenters. The van der Waals surface area contributed by atoms with E-state index in [4.69, 9.17) is 5.73 Å². The summed E-state index contributed by atoms with van der Waals surface area (Å²) in [6, 6.07) is 8.46. The molecule has 4 nitrogen and oxygen atoms in total. The summed E-state index contributed by atoms with van der Waals surface area (Å²) < 4.78 is 0. The van der Waals surface area contributed by atoms with Gasteiger partial charge in [-0.25, -0.2) is 0 Å². The van der Waals surface area contributed by atoms with Crippen LogP contribution >= 0.6 is 24.8 Å². The molecule has 5 aliphatic rings. The van der Waals surface area contributed by atoms with Gasteiger partial charge in [-0.05, 0) is 87.7 Å². The molecule has 0 aromatic heterocycles. The van der Waals surface area contributed by atoms with Crippen LogP contribution in [0.3, 0.4) is 0 Å². The number of carbonyl (C=O) groups is 1. The van der Waals surface area contributed by atoms with Crippen LogP contribution in [0.4, 0.5) is 11.4 Å². The van der Waals surface area contributed by atoms with Crippen LogP contribution in [0.1, 0.15) is 64.2 Å². The maximum absolute atomic E-state index is 12.8. The molecule has 5 saturated carbocycles. The normalized spacial score (nSPS) is 37.2. The largest absolute Gasteiger partial charge is 0.378 e. The topological polar surface area (TPSA) is 67.2 Å². The number of amides is 1. The van der Waals surface area contributed by atoms with E-state index < -0.39 is 0 Å². The predicted molar refractivity (Wildman–Crippen MR) is 124 cm³/mol. The van der Waals surface area contributed by atoms with E-state index in [1.807, 2.05) is 12.1 Å². The molecule has 5 aliphatic carbocycles. The van der Waals surface area contributed by atoms with Crippen molar-refractivity contribution >= 4 is 42.1 Å². The Kier molecular flexibility index (Phi) is 7.07.